The Bertz CT molecular complexity index is 621. The number of hydrogen-bond donors (Lipinski definition) is 2. The minimum Gasteiger partial charge on any atom is -0.324 e. The van der Waals surface area contributed by atoms with E-state index in [2.05, 4.69) is 0 Å². The van der Waals surface area contributed by atoms with Crippen LogP contribution in [0.3, 0.4) is 0 Å². The van der Waals surface area contributed by atoms with Gasteiger partial charge < -0.3 is 9.79 Å². The average molecular weight is 278 g/mol. The van der Waals surface area contributed by atoms with Crippen LogP contribution in [0.2, 0.25) is 0 Å². The lowest BCUT2D eigenvalue weighted by Gasteiger charge is -2.33. The van der Waals surface area contributed by atoms with E-state index in [9.17, 15) is 14.4 Å². The molecule has 102 valence electrons. The van der Waals surface area contributed by atoms with Gasteiger partial charge in [0.1, 0.15) is 0 Å². The number of fused-ring (bicyclic) bond motifs is 1. The van der Waals surface area contributed by atoms with Crippen LogP contribution in [0, 0.1) is 0 Å². The van der Waals surface area contributed by atoms with Crippen molar-refractivity contribution < 1.29 is 14.4 Å². The largest absolute Gasteiger partial charge is 0.335 e. The molecule has 0 spiro atoms. The third kappa shape index (κ3) is 2.23. The second kappa shape index (κ2) is 5.09. The van der Waals surface area contributed by atoms with Crippen molar-refractivity contribution in [3.8, 4) is 0 Å². The van der Waals surface area contributed by atoms with Crippen LogP contribution in [-0.4, -0.2) is 9.79 Å². The van der Waals surface area contributed by atoms with E-state index in [-0.39, 0.29) is 0 Å². The Balaban J connectivity index is 2.81. The van der Waals surface area contributed by atoms with Crippen molar-refractivity contribution in [1.29, 1.82) is 0 Å². The lowest BCUT2D eigenvalue weighted by Crippen LogP contribution is -2.24. The lowest BCUT2D eigenvalue weighted by molar-refractivity contribution is 0.316. The summed E-state index contributed by atoms with van der Waals surface area (Å²) in [5.74, 6) is 0. The minimum absolute atomic E-state index is 0.418. The fraction of sp³-hybridized carbons (Fsp3) is 0.333. The van der Waals surface area contributed by atoms with Crippen molar-refractivity contribution in [2.45, 2.75) is 31.8 Å². The van der Waals surface area contributed by atoms with Gasteiger partial charge in [0.25, 0.3) is 0 Å². The van der Waals surface area contributed by atoms with Crippen LogP contribution < -0.4 is 0 Å². The molecule has 0 atom stereocenters. The Morgan fingerprint density at radius 3 is 2.16 bits per heavy atom. The van der Waals surface area contributed by atoms with E-state index in [0.717, 1.165) is 16.3 Å². The summed E-state index contributed by atoms with van der Waals surface area (Å²) in [6, 6.07) is 13.4. The quantitative estimate of drug-likeness (QED) is 0.830. The van der Waals surface area contributed by atoms with Crippen LogP contribution in [0.25, 0.3) is 10.8 Å². The predicted octanol–water partition coefficient (Wildman–Crippen LogP) is 4.03. The third-order valence-electron chi connectivity index (χ3n) is 4.02. The summed E-state index contributed by atoms with van der Waals surface area (Å²) in [7, 11) is -4.23. The van der Waals surface area contributed by atoms with Gasteiger partial charge >= 0.3 is 7.60 Å². The van der Waals surface area contributed by atoms with Crippen molar-refractivity contribution in [3.63, 3.8) is 0 Å². The van der Waals surface area contributed by atoms with E-state index in [0.29, 0.717) is 12.8 Å². The van der Waals surface area contributed by atoms with E-state index in [4.69, 9.17) is 0 Å². The second-order valence-corrected chi connectivity index (χ2v) is 6.75. The highest BCUT2D eigenvalue weighted by Crippen LogP contribution is 2.61. The molecule has 0 heterocycles. The maximum atomic E-state index is 12.1. The Morgan fingerprint density at radius 1 is 1.00 bits per heavy atom. The van der Waals surface area contributed by atoms with Gasteiger partial charge in [0.2, 0.25) is 0 Å². The van der Waals surface area contributed by atoms with Crippen LogP contribution in [0.5, 0.6) is 0 Å². The Kier molecular flexibility index (Phi) is 3.82. The zero-order valence-electron chi connectivity index (χ0n) is 11.2. The van der Waals surface area contributed by atoms with E-state index < -0.39 is 12.8 Å². The van der Waals surface area contributed by atoms with Gasteiger partial charge in [0.05, 0.1) is 5.16 Å². The summed E-state index contributed by atoms with van der Waals surface area (Å²) in [5.41, 5.74) is 0.754. The molecule has 0 unspecified atom stereocenters. The van der Waals surface area contributed by atoms with Crippen molar-refractivity contribution in [3.05, 3.63) is 48.0 Å². The van der Waals surface area contributed by atoms with E-state index in [1.165, 1.54) is 0 Å². The highest BCUT2D eigenvalue weighted by Gasteiger charge is 2.45. The van der Waals surface area contributed by atoms with Gasteiger partial charge in [-0.3, -0.25) is 4.57 Å². The fourth-order valence-corrected chi connectivity index (χ4v) is 4.16. The zero-order chi connectivity index (χ0) is 14.1. The van der Waals surface area contributed by atoms with Gasteiger partial charge in [-0.05, 0) is 29.2 Å². The summed E-state index contributed by atoms with van der Waals surface area (Å²) in [6.07, 6.45) is 0.837. The van der Waals surface area contributed by atoms with Gasteiger partial charge in [-0.25, -0.2) is 0 Å². The molecule has 2 aromatic carbocycles. The predicted molar refractivity (Wildman–Crippen MR) is 78.3 cm³/mol. The number of hydrogen-bond acceptors (Lipinski definition) is 1. The molecule has 2 rings (SSSR count). The van der Waals surface area contributed by atoms with E-state index >= 15 is 0 Å². The number of rotatable bonds is 4. The molecule has 0 aliphatic carbocycles. The maximum absolute atomic E-state index is 12.1. The lowest BCUT2D eigenvalue weighted by atomic mass is 9.88. The SMILES string of the molecule is CCC(CC)(c1cccc2ccccc12)P(=O)(O)O. The highest BCUT2D eigenvalue weighted by molar-refractivity contribution is 7.53. The first-order valence-electron chi connectivity index (χ1n) is 6.50. The number of benzene rings is 2. The molecule has 19 heavy (non-hydrogen) atoms. The summed E-state index contributed by atoms with van der Waals surface area (Å²) >= 11 is 0. The Morgan fingerprint density at radius 2 is 1.58 bits per heavy atom. The van der Waals surface area contributed by atoms with Gasteiger partial charge in [0, 0.05) is 0 Å². The smallest absolute Gasteiger partial charge is 0.324 e. The van der Waals surface area contributed by atoms with Crippen LogP contribution in [0.1, 0.15) is 32.3 Å². The summed E-state index contributed by atoms with van der Waals surface area (Å²) in [5, 5.41) is 0.852. The third-order valence-corrected chi connectivity index (χ3v) is 6.01. The molecule has 0 aliphatic heterocycles. The minimum atomic E-state index is -4.23. The molecule has 0 saturated heterocycles. The maximum Gasteiger partial charge on any atom is 0.335 e. The average Bonchev–Trinajstić information content (AvgIpc) is 2.39. The van der Waals surface area contributed by atoms with Crippen molar-refractivity contribution >= 4 is 18.4 Å². The van der Waals surface area contributed by atoms with Crippen LogP contribution >= 0.6 is 7.60 Å². The Hall–Kier alpha value is -1.15. The van der Waals surface area contributed by atoms with Crippen molar-refractivity contribution in [2.75, 3.05) is 0 Å². The van der Waals surface area contributed by atoms with Crippen molar-refractivity contribution in [1.82, 2.24) is 0 Å². The molecular weight excluding hydrogens is 259 g/mol. The monoisotopic (exact) mass is 278 g/mol. The Labute approximate surface area is 113 Å². The molecule has 0 bridgehead atoms. The standard InChI is InChI=1S/C15H19O3P/c1-3-15(4-2,19(16,17)18)14-11-7-9-12-8-5-6-10-13(12)14/h5-11H,3-4H2,1-2H3,(H2,16,17,18). The molecule has 0 aliphatic rings. The molecular formula is C15H19O3P. The highest BCUT2D eigenvalue weighted by atomic mass is 31.2. The van der Waals surface area contributed by atoms with Crippen LogP contribution in [0.15, 0.2) is 42.5 Å². The molecule has 0 aromatic heterocycles. The summed E-state index contributed by atoms with van der Waals surface area (Å²) < 4.78 is 12.1. The van der Waals surface area contributed by atoms with E-state index in [1.807, 2.05) is 56.3 Å². The first kappa shape index (κ1) is 14.3. The topological polar surface area (TPSA) is 57.5 Å². The molecule has 0 saturated carbocycles. The summed E-state index contributed by atoms with van der Waals surface area (Å²) in [4.78, 5) is 19.7. The zero-order valence-corrected chi connectivity index (χ0v) is 12.1. The van der Waals surface area contributed by atoms with E-state index in [1.54, 1.807) is 0 Å². The van der Waals surface area contributed by atoms with Crippen LogP contribution in [-0.2, 0) is 9.72 Å². The first-order valence-corrected chi connectivity index (χ1v) is 8.11. The second-order valence-electron chi connectivity index (χ2n) is 4.81. The molecule has 2 N–H and O–H groups in total. The normalized spacial score (nSPS) is 12.8. The molecule has 0 radical (unpaired) electrons. The molecule has 0 fully saturated rings. The summed E-state index contributed by atoms with van der Waals surface area (Å²) in [6.45, 7) is 3.68. The molecule has 2 aromatic rings. The molecule has 4 heteroatoms. The first-order chi connectivity index (χ1) is 8.96. The van der Waals surface area contributed by atoms with Gasteiger partial charge in [-0.15, -0.1) is 0 Å². The molecule has 0 amide bonds. The van der Waals surface area contributed by atoms with Crippen LogP contribution in [0.4, 0.5) is 0 Å². The van der Waals surface area contributed by atoms with Gasteiger partial charge in [-0.1, -0.05) is 56.3 Å². The van der Waals surface area contributed by atoms with Gasteiger partial charge in [0.15, 0.2) is 0 Å². The van der Waals surface area contributed by atoms with Crippen molar-refractivity contribution in [2.24, 2.45) is 0 Å². The fourth-order valence-electron chi connectivity index (χ4n) is 2.83. The van der Waals surface area contributed by atoms with Gasteiger partial charge in [-0.2, -0.15) is 0 Å². The molecule has 3 nitrogen and oxygen atoms in total.